The molecule has 1 N–H and O–H groups in total. The Kier molecular flexibility index (Phi) is 4.80. The first-order valence-electron chi connectivity index (χ1n) is 7.07. The van der Waals surface area contributed by atoms with Gasteiger partial charge in [0.2, 0.25) is 0 Å². The zero-order valence-electron chi connectivity index (χ0n) is 12.1. The highest BCUT2D eigenvalue weighted by atomic mass is 15.1. The molecule has 0 unspecified atom stereocenters. The van der Waals surface area contributed by atoms with E-state index in [-0.39, 0.29) is 0 Å². The molecule has 2 rings (SSSR count). The van der Waals surface area contributed by atoms with Gasteiger partial charge in [-0.25, -0.2) is 4.98 Å². The normalized spacial score (nSPS) is 11.4. The van der Waals surface area contributed by atoms with E-state index < -0.39 is 0 Å². The summed E-state index contributed by atoms with van der Waals surface area (Å²) in [6.45, 7) is 9.43. The van der Waals surface area contributed by atoms with Gasteiger partial charge in [-0.15, -0.1) is 0 Å². The summed E-state index contributed by atoms with van der Waals surface area (Å²) in [7, 11) is 0. The maximum Gasteiger partial charge on any atom is 0.0951 e. The first-order chi connectivity index (χ1) is 9.22. The van der Waals surface area contributed by atoms with Crippen LogP contribution in [0.2, 0.25) is 0 Å². The van der Waals surface area contributed by atoms with Gasteiger partial charge in [-0.2, -0.15) is 0 Å². The lowest BCUT2D eigenvalue weighted by molar-refractivity contribution is 0.552. The average molecular weight is 260 g/mol. The van der Waals surface area contributed by atoms with Crippen molar-refractivity contribution in [2.24, 2.45) is 0 Å². The molecule has 0 saturated heterocycles. The van der Waals surface area contributed by atoms with Crippen molar-refractivity contribution in [1.82, 2.24) is 19.4 Å². The molecule has 2 heterocycles. The number of aromatic nitrogens is 3. The van der Waals surface area contributed by atoms with Crippen LogP contribution in [0.5, 0.6) is 0 Å². The van der Waals surface area contributed by atoms with E-state index >= 15 is 0 Å². The summed E-state index contributed by atoms with van der Waals surface area (Å²) in [6, 6.07) is 4.74. The fraction of sp³-hybridized carbons (Fsp3) is 0.533. The highest BCUT2D eigenvalue weighted by molar-refractivity contribution is 5.11. The molecule has 2 aromatic heterocycles. The molecule has 0 aromatic carbocycles. The van der Waals surface area contributed by atoms with Crippen LogP contribution in [0.25, 0.3) is 0 Å². The first kappa shape index (κ1) is 13.9. The van der Waals surface area contributed by atoms with Crippen molar-refractivity contribution in [3.05, 3.63) is 42.2 Å². The molecule has 0 fully saturated rings. The molecule has 0 spiro atoms. The van der Waals surface area contributed by atoms with Crippen LogP contribution in [0.15, 0.2) is 30.9 Å². The second kappa shape index (κ2) is 6.57. The van der Waals surface area contributed by atoms with Gasteiger partial charge in [0.25, 0.3) is 0 Å². The third kappa shape index (κ3) is 3.47. The number of nitrogens with zero attached hydrogens (tertiary/aromatic N) is 3. The van der Waals surface area contributed by atoms with E-state index in [1.165, 1.54) is 17.8 Å². The molecule has 2 aromatic rings. The maximum atomic E-state index is 4.26. The van der Waals surface area contributed by atoms with Crippen molar-refractivity contribution in [3.63, 3.8) is 0 Å². The van der Waals surface area contributed by atoms with Gasteiger partial charge in [0.15, 0.2) is 0 Å². The van der Waals surface area contributed by atoms with Gasteiger partial charge in [0.1, 0.15) is 0 Å². The second-order valence-electron chi connectivity index (χ2n) is 5.19. The summed E-state index contributed by atoms with van der Waals surface area (Å²) in [4.78, 5) is 4.26. The summed E-state index contributed by atoms with van der Waals surface area (Å²) in [5.41, 5.74) is 2.58. The number of hydrogen-bond acceptors (Lipinski definition) is 2. The highest BCUT2D eigenvalue weighted by Gasteiger charge is 2.07. The molecule has 0 atom stereocenters. The molecule has 4 heteroatoms. The minimum atomic E-state index is 0.453. The highest BCUT2D eigenvalue weighted by Crippen LogP contribution is 2.12. The lowest BCUT2D eigenvalue weighted by Gasteiger charge is -2.14. The SMILES string of the molecule is CCCNCc1cccn1Cc1cncn1C(C)C. The van der Waals surface area contributed by atoms with Gasteiger partial charge < -0.3 is 14.5 Å². The second-order valence-corrected chi connectivity index (χ2v) is 5.19. The minimum Gasteiger partial charge on any atom is -0.344 e. The van der Waals surface area contributed by atoms with Gasteiger partial charge >= 0.3 is 0 Å². The van der Waals surface area contributed by atoms with Crippen LogP contribution in [0.1, 0.15) is 44.6 Å². The van der Waals surface area contributed by atoms with E-state index in [4.69, 9.17) is 0 Å². The van der Waals surface area contributed by atoms with Crippen molar-refractivity contribution in [3.8, 4) is 0 Å². The Morgan fingerprint density at radius 3 is 2.89 bits per heavy atom. The molecule has 0 bridgehead atoms. The van der Waals surface area contributed by atoms with Crippen LogP contribution in [-0.4, -0.2) is 20.7 Å². The van der Waals surface area contributed by atoms with Crippen LogP contribution in [-0.2, 0) is 13.1 Å². The molecule has 0 aliphatic heterocycles. The number of imidazole rings is 1. The third-order valence-electron chi connectivity index (χ3n) is 3.29. The minimum absolute atomic E-state index is 0.453. The zero-order chi connectivity index (χ0) is 13.7. The molecular weight excluding hydrogens is 236 g/mol. The molecule has 0 radical (unpaired) electrons. The van der Waals surface area contributed by atoms with Gasteiger partial charge in [-0.3, -0.25) is 0 Å². The summed E-state index contributed by atoms with van der Waals surface area (Å²) in [5.74, 6) is 0. The van der Waals surface area contributed by atoms with E-state index in [1.807, 2.05) is 12.5 Å². The first-order valence-corrected chi connectivity index (χ1v) is 7.07. The van der Waals surface area contributed by atoms with Crippen molar-refractivity contribution in [2.75, 3.05) is 6.54 Å². The monoisotopic (exact) mass is 260 g/mol. The van der Waals surface area contributed by atoms with Crippen LogP contribution < -0.4 is 5.32 Å². The Hall–Kier alpha value is -1.55. The number of nitrogens with one attached hydrogen (secondary N) is 1. The summed E-state index contributed by atoms with van der Waals surface area (Å²) in [5, 5.41) is 3.45. The van der Waals surface area contributed by atoms with Gasteiger partial charge in [0.05, 0.1) is 18.6 Å². The van der Waals surface area contributed by atoms with E-state index in [9.17, 15) is 0 Å². The van der Waals surface area contributed by atoms with E-state index in [1.54, 1.807) is 0 Å². The molecule has 19 heavy (non-hydrogen) atoms. The Bertz CT molecular complexity index is 496. The Balaban J connectivity index is 2.06. The molecular formula is C15H24N4. The third-order valence-corrected chi connectivity index (χ3v) is 3.29. The predicted molar refractivity (Wildman–Crippen MR) is 78.1 cm³/mol. The Morgan fingerprint density at radius 1 is 1.32 bits per heavy atom. The van der Waals surface area contributed by atoms with Crippen molar-refractivity contribution >= 4 is 0 Å². The van der Waals surface area contributed by atoms with Gasteiger partial charge in [0, 0.05) is 30.7 Å². The van der Waals surface area contributed by atoms with Crippen molar-refractivity contribution in [1.29, 1.82) is 0 Å². The quantitative estimate of drug-likeness (QED) is 0.777. The maximum absolute atomic E-state index is 4.26. The smallest absolute Gasteiger partial charge is 0.0951 e. The number of hydrogen-bond donors (Lipinski definition) is 1. The molecule has 104 valence electrons. The average Bonchev–Trinajstić information content (AvgIpc) is 3.00. The molecule has 4 nitrogen and oxygen atoms in total. The standard InChI is InChI=1S/C15H24N4/c1-4-7-16-9-14-6-5-8-18(14)11-15-10-17-12-19(15)13(2)3/h5-6,8,10,12-13,16H,4,7,9,11H2,1-3H3. The Morgan fingerprint density at radius 2 is 2.16 bits per heavy atom. The fourth-order valence-corrected chi connectivity index (χ4v) is 2.25. The van der Waals surface area contributed by atoms with Crippen LogP contribution in [0.4, 0.5) is 0 Å². The molecule has 0 aliphatic rings. The van der Waals surface area contributed by atoms with Gasteiger partial charge in [-0.1, -0.05) is 6.92 Å². The summed E-state index contributed by atoms with van der Waals surface area (Å²) >= 11 is 0. The topological polar surface area (TPSA) is 34.8 Å². The predicted octanol–water partition coefficient (Wildman–Crippen LogP) is 2.81. The van der Waals surface area contributed by atoms with Crippen molar-refractivity contribution < 1.29 is 0 Å². The van der Waals surface area contributed by atoms with E-state index in [2.05, 4.69) is 58.5 Å². The molecule has 0 amide bonds. The summed E-state index contributed by atoms with van der Waals surface area (Å²) in [6.07, 6.45) is 7.18. The Labute approximate surface area is 115 Å². The van der Waals surface area contributed by atoms with Gasteiger partial charge in [-0.05, 0) is 38.9 Å². The fourth-order valence-electron chi connectivity index (χ4n) is 2.25. The lowest BCUT2D eigenvalue weighted by Crippen LogP contribution is -2.17. The van der Waals surface area contributed by atoms with E-state index in [0.29, 0.717) is 6.04 Å². The van der Waals surface area contributed by atoms with Crippen molar-refractivity contribution in [2.45, 2.75) is 46.3 Å². The number of rotatable bonds is 7. The lowest BCUT2D eigenvalue weighted by atomic mass is 10.3. The van der Waals surface area contributed by atoms with Crippen LogP contribution in [0.3, 0.4) is 0 Å². The zero-order valence-corrected chi connectivity index (χ0v) is 12.1. The molecule has 0 aliphatic carbocycles. The largest absolute Gasteiger partial charge is 0.344 e. The van der Waals surface area contributed by atoms with Crippen LogP contribution in [0, 0.1) is 0 Å². The summed E-state index contributed by atoms with van der Waals surface area (Å²) < 4.78 is 4.52. The van der Waals surface area contributed by atoms with Crippen LogP contribution >= 0.6 is 0 Å². The van der Waals surface area contributed by atoms with E-state index in [0.717, 1.165) is 19.6 Å². The molecule has 0 saturated carbocycles.